The van der Waals surface area contributed by atoms with Crippen molar-refractivity contribution in [1.82, 2.24) is 15.1 Å². The highest BCUT2D eigenvalue weighted by Gasteiger charge is 2.30. The molecule has 0 radical (unpaired) electrons. The van der Waals surface area contributed by atoms with Crippen LogP contribution in [-0.4, -0.2) is 60.6 Å². The van der Waals surface area contributed by atoms with E-state index < -0.39 is 0 Å². The topological polar surface area (TPSA) is 44.8 Å². The van der Waals surface area contributed by atoms with Crippen LogP contribution in [0.25, 0.3) is 0 Å². The van der Waals surface area contributed by atoms with E-state index in [4.69, 9.17) is 16.3 Å². The maximum absolute atomic E-state index is 12.9. The molecule has 1 amide bonds. The molecule has 31 heavy (non-hydrogen) atoms. The molecule has 0 bridgehead atoms. The number of amides is 1. The van der Waals surface area contributed by atoms with Crippen LogP contribution in [0.5, 0.6) is 0 Å². The fraction of sp³-hybridized carbons (Fsp3) is 0.480. The van der Waals surface area contributed by atoms with Crippen molar-refractivity contribution >= 4 is 17.5 Å². The van der Waals surface area contributed by atoms with Crippen LogP contribution in [0.3, 0.4) is 0 Å². The minimum atomic E-state index is -0.166. The van der Waals surface area contributed by atoms with Gasteiger partial charge in [-0.1, -0.05) is 54.1 Å². The molecule has 0 aliphatic carbocycles. The second-order valence-electron chi connectivity index (χ2n) is 8.63. The number of rotatable bonds is 6. The molecule has 0 spiro atoms. The van der Waals surface area contributed by atoms with Crippen LogP contribution in [0, 0.1) is 0 Å². The molecule has 2 saturated heterocycles. The number of ether oxygens (including phenoxy) is 1. The normalized spacial score (nSPS) is 22.2. The zero-order chi connectivity index (χ0) is 21.6. The number of hydrogen-bond acceptors (Lipinski definition) is 4. The van der Waals surface area contributed by atoms with E-state index >= 15 is 0 Å². The Morgan fingerprint density at radius 3 is 2.52 bits per heavy atom. The zero-order valence-electron chi connectivity index (χ0n) is 18.2. The lowest BCUT2D eigenvalue weighted by atomic mass is 10.0. The summed E-state index contributed by atoms with van der Waals surface area (Å²) >= 11 is 6.01. The summed E-state index contributed by atoms with van der Waals surface area (Å²) in [4.78, 5) is 17.6. The number of nitrogens with zero attached hydrogens (tertiary/aromatic N) is 2. The number of benzene rings is 2. The third kappa shape index (κ3) is 6.07. The van der Waals surface area contributed by atoms with Crippen molar-refractivity contribution in [2.45, 2.75) is 44.5 Å². The van der Waals surface area contributed by atoms with Crippen molar-refractivity contribution < 1.29 is 9.53 Å². The molecule has 6 heteroatoms. The van der Waals surface area contributed by atoms with Crippen molar-refractivity contribution in [3.8, 4) is 0 Å². The van der Waals surface area contributed by atoms with Gasteiger partial charge in [-0.2, -0.15) is 0 Å². The first-order chi connectivity index (χ1) is 15.1. The number of morpholine rings is 1. The maximum Gasteiger partial charge on any atom is 0.237 e. The van der Waals surface area contributed by atoms with E-state index in [-0.39, 0.29) is 24.1 Å². The van der Waals surface area contributed by atoms with Crippen molar-refractivity contribution in [2.24, 2.45) is 0 Å². The molecular formula is C25H32ClN3O2. The number of halogens is 1. The predicted molar refractivity (Wildman–Crippen MR) is 124 cm³/mol. The molecule has 0 unspecified atom stereocenters. The second-order valence-corrected chi connectivity index (χ2v) is 9.06. The lowest BCUT2D eigenvalue weighted by Gasteiger charge is -2.38. The van der Waals surface area contributed by atoms with Gasteiger partial charge in [-0.05, 0) is 43.0 Å². The minimum absolute atomic E-state index is 0.0255. The molecule has 5 nitrogen and oxygen atoms in total. The highest BCUT2D eigenvalue weighted by Crippen LogP contribution is 2.25. The fourth-order valence-electron chi connectivity index (χ4n) is 4.46. The summed E-state index contributed by atoms with van der Waals surface area (Å²) in [6.07, 6.45) is 1.98. The second kappa shape index (κ2) is 10.6. The van der Waals surface area contributed by atoms with Gasteiger partial charge in [-0.15, -0.1) is 0 Å². The number of hydrogen-bond donors (Lipinski definition) is 1. The van der Waals surface area contributed by atoms with Gasteiger partial charge in [0.1, 0.15) is 0 Å². The van der Waals surface area contributed by atoms with E-state index in [0.29, 0.717) is 13.2 Å². The molecule has 2 aromatic carbocycles. The van der Waals surface area contributed by atoms with E-state index in [1.165, 1.54) is 5.56 Å². The molecule has 2 fully saturated rings. The highest BCUT2D eigenvalue weighted by molar-refractivity contribution is 6.30. The van der Waals surface area contributed by atoms with E-state index in [9.17, 15) is 4.79 Å². The van der Waals surface area contributed by atoms with Crippen LogP contribution in [0.15, 0.2) is 54.6 Å². The largest absolute Gasteiger partial charge is 0.371 e. The third-order valence-electron chi connectivity index (χ3n) is 6.45. The zero-order valence-corrected chi connectivity index (χ0v) is 18.9. The van der Waals surface area contributed by atoms with Gasteiger partial charge in [0, 0.05) is 43.8 Å². The summed E-state index contributed by atoms with van der Waals surface area (Å²) in [6, 6.07) is 18.5. The monoisotopic (exact) mass is 441 g/mol. The smallest absolute Gasteiger partial charge is 0.237 e. The average Bonchev–Trinajstić information content (AvgIpc) is 2.81. The molecule has 166 valence electrons. The summed E-state index contributed by atoms with van der Waals surface area (Å²) in [6.45, 7) is 7.14. The summed E-state index contributed by atoms with van der Waals surface area (Å²) < 4.78 is 5.95. The number of piperidine rings is 1. The van der Waals surface area contributed by atoms with Crippen LogP contribution < -0.4 is 5.32 Å². The Hall–Kier alpha value is -1.92. The maximum atomic E-state index is 12.9. The van der Waals surface area contributed by atoms with Crippen LogP contribution in [-0.2, 0) is 16.1 Å². The van der Waals surface area contributed by atoms with Crippen molar-refractivity contribution in [3.63, 3.8) is 0 Å². The number of nitrogens with one attached hydrogen (secondary N) is 1. The first-order valence-electron chi connectivity index (χ1n) is 11.3. The van der Waals surface area contributed by atoms with Crippen LogP contribution in [0.4, 0.5) is 0 Å². The molecule has 4 rings (SSSR count). The van der Waals surface area contributed by atoms with Crippen LogP contribution in [0.2, 0.25) is 5.02 Å². The van der Waals surface area contributed by atoms with E-state index in [0.717, 1.165) is 49.6 Å². The first kappa shape index (κ1) is 22.3. The van der Waals surface area contributed by atoms with Gasteiger partial charge in [-0.3, -0.25) is 14.6 Å². The Labute approximate surface area is 190 Å². The van der Waals surface area contributed by atoms with Crippen LogP contribution >= 0.6 is 11.6 Å². The van der Waals surface area contributed by atoms with E-state index in [1.807, 2.05) is 31.2 Å². The molecule has 0 aromatic heterocycles. The third-order valence-corrected chi connectivity index (χ3v) is 6.70. The number of carbonyl (C=O) groups excluding carboxylic acids is 1. The molecule has 1 N–H and O–H groups in total. The minimum Gasteiger partial charge on any atom is -0.371 e. The Morgan fingerprint density at radius 2 is 1.81 bits per heavy atom. The first-order valence-corrected chi connectivity index (χ1v) is 11.6. The van der Waals surface area contributed by atoms with Crippen molar-refractivity contribution in [3.05, 3.63) is 70.7 Å². The standard InChI is InChI=1S/C25H32ClN3O2/c1-19(29-15-16-31-24(18-29)21-7-9-22(26)10-8-21)25(30)27-23-11-13-28(14-12-23)17-20-5-3-2-4-6-20/h2-10,19,23-24H,11-18H2,1H3,(H,27,30)/t19-,24-/m0/s1. The van der Waals surface area contributed by atoms with Gasteiger partial charge >= 0.3 is 0 Å². The lowest BCUT2D eigenvalue weighted by molar-refractivity contribution is -0.130. The van der Waals surface area contributed by atoms with E-state index in [1.54, 1.807) is 0 Å². The van der Waals surface area contributed by atoms with Crippen molar-refractivity contribution in [2.75, 3.05) is 32.8 Å². The molecule has 2 atom stereocenters. The summed E-state index contributed by atoms with van der Waals surface area (Å²) in [7, 11) is 0. The Morgan fingerprint density at radius 1 is 1.10 bits per heavy atom. The van der Waals surface area contributed by atoms with Gasteiger partial charge in [0.05, 0.1) is 18.8 Å². The average molecular weight is 442 g/mol. The molecule has 2 aromatic rings. The van der Waals surface area contributed by atoms with Gasteiger partial charge < -0.3 is 10.1 Å². The lowest BCUT2D eigenvalue weighted by Crippen LogP contribution is -2.53. The highest BCUT2D eigenvalue weighted by atomic mass is 35.5. The Kier molecular flexibility index (Phi) is 7.62. The van der Waals surface area contributed by atoms with Gasteiger partial charge in [0.25, 0.3) is 0 Å². The molecular weight excluding hydrogens is 410 g/mol. The summed E-state index contributed by atoms with van der Waals surface area (Å²) in [5.74, 6) is 0.123. The molecule has 2 heterocycles. The van der Waals surface area contributed by atoms with Gasteiger partial charge in [-0.25, -0.2) is 0 Å². The summed E-state index contributed by atoms with van der Waals surface area (Å²) in [5, 5.41) is 4.02. The van der Waals surface area contributed by atoms with Gasteiger partial charge in [0.15, 0.2) is 0 Å². The predicted octanol–water partition coefficient (Wildman–Crippen LogP) is 3.88. The van der Waals surface area contributed by atoms with Crippen molar-refractivity contribution in [1.29, 1.82) is 0 Å². The van der Waals surface area contributed by atoms with Gasteiger partial charge in [0.2, 0.25) is 5.91 Å². The quantitative estimate of drug-likeness (QED) is 0.738. The van der Waals surface area contributed by atoms with E-state index in [2.05, 4.69) is 45.4 Å². The Bertz CT molecular complexity index is 838. The Balaban J connectivity index is 1.24. The fourth-order valence-corrected chi connectivity index (χ4v) is 4.59. The number of carbonyl (C=O) groups is 1. The number of likely N-dealkylation sites (tertiary alicyclic amines) is 1. The molecule has 2 aliphatic rings. The molecule has 0 saturated carbocycles. The molecule has 2 aliphatic heterocycles. The SMILES string of the molecule is C[C@@H](C(=O)NC1CCN(Cc2ccccc2)CC1)N1CCO[C@H](c2ccc(Cl)cc2)C1. The summed E-state index contributed by atoms with van der Waals surface area (Å²) in [5.41, 5.74) is 2.45. The van der Waals surface area contributed by atoms with Crippen LogP contribution in [0.1, 0.15) is 37.0 Å².